The minimum absolute atomic E-state index is 0.0995. The average Bonchev–Trinajstić information content (AvgIpc) is 3.30. The summed E-state index contributed by atoms with van der Waals surface area (Å²) in [5, 5.41) is 0. The van der Waals surface area contributed by atoms with E-state index in [4.69, 9.17) is 9.15 Å². The number of anilines is 1. The molecule has 1 unspecified atom stereocenters. The van der Waals surface area contributed by atoms with Crippen molar-refractivity contribution < 1.29 is 28.3 Å². The van der Waals surface area contributed by atoms with Crippen LogP contribution < -0.4 is 4.90 Å². The number of hydrogen-bond donors (Lipinski definition) is 0. The van der Waals surface area contributed by atoms with Crippen LogP contribution in [0.2, 0.25) is 0 Å². The molecule has 3 rings (SSSR count). The maximum absolute atomic E-state index is 13.2. The highest BCUT2D eigenvalue weighted by Gasteiger charge is 2.48. The maximum atomic E-state index is 13.2. The lowest BCUT2D eigenvalue weighted by Gasteiger charge is -2.38. The van der Waals surface area contributed by atoms with Gasteiger partial charge in [-0.25, -0.2) is 9.69 Å². The zero-order chi connectivity index (χ0) is 22.1. The number of benzene rings is 1. The first-order valence-electron chi connectivity index (χ1n) is 9.66. The Morgan fingerprint density at radius 1 is 1.17 bits per heavy atom. The minimum atomic E-state index is -0.958. The summed E-state index contributed by atoms with van der Waals surface area (Å²) in [4.78, 5) is 53.2. The van der Waals surface area contributed by atoms with Crippen LogP contribution in [0.3, 0.4) is 0 Å². The lowest BCUT2D eigenvalue weighted by molar-refractivity contribution is -0.123. The first kappa shape index (κ1) is 21.3. The summed E-state index contributed by atoms with van der Waals surface area (Å²) in [6.45, 7) is 7.34. The van der Waals surface area contributed by atoms with E-state index in [-0.39, 0.29) is 18.8 Å². The van der Waals surface area contributed by atoms with Crippen molar-refractivity contribution in [1.82, 2.24) is 4.90 Å². The van der Waals surface area contributed by atoms with Crippen LogP contribution in [-0.2, 0) is 14.3 Å². The fraction of sp³-hybridized carbons (Fsp3) is 0.364. The lowest BCUT2D eigenvalue weighted by atomic mass is 10.0. The van der Waals surface area contributed by atoms with Crippen molar-refractivity contribution in [2.45, 2.75) is 45.7 Å². The fourth-order valence-electron chi connectivity index (χ4n) is 3.48. The van der Waals surface area contributed by atoms with Crippen molar-refractivity contribution in [2.75, 3.05) is 11.5 Å². The molecule has 8 nitrogen and oxygen atoms in total. The molecule has 2 aromatic rings. The van der Waals surface area contributed by atoms with E-state index in [0.717, 1.165) is 4.90 Å². The number of rotatable bonds is 5. The molecule has 1 atom stereocenters. The Morgan fingerprint density at radius 3 is 2.37 bits per heavy atom. The quantitative estimate of drug-likeness (QED) is 0.553. The van der Waals surface area contributed by atoms with Gasteiger partial charge in [0.2, 0.25) is 5.91 Å². The molecular weight excluding hydrogens is 388 g/mol. The summed E-state index contributed by atoms with van der Waals surface area (Å²) in [6, 6.07) is 8.18. The van der Waals surface area contributed by atoms with Gasteiger partial charge in [0.15, 0.2) is 5.76 Å². The molecule has 8 heteroatoms. The van der Waals surface area contributed by atoms with E-state index in [9.17, 15) is 19.2 Å². The van der Waals surface area contributed by atoms with Gasteiger partial charge >= 0.3 is 5.97 Å². The number of amides is 3. The molecule has 1 fully saturated rings. The van der Waals surface area contributed by atoms with Crippen molar-refractivity contribution in [3.63, 3.8) is 0 Å². The summed E-state index contributed by atoms with van der Waals surface area (Å²) in [5.41, 5.74) is -0.0748. The Kier molecular flexibility index (Phi) is 5.78. The topological polar surface area (TPSA) is 97.1 Å². The molecule has 1 aromatic heterocycles. The summed E-state index contributed by atoms with van der Waals surface area (Å²) in [7, 11) is 0. The smallest absolute Gasteiger partial charge is 0.338 e. The van der Waals surface area contributed by atoms with Gasteiger partial charge in [-0.15, -0.1) is 0 Å². The Hall–Kier alpha value is -3.42. The first-order valence-corrected chi connectivity index (χ1v) is 9.66. The largest absolute Gasteiger partial charge is 0.462 e. The van der Waals surface area contributed by atoms with Crippen LogP contribution in [0, 0.1) is 0 Å². The Bertz CT molecular complexity index is 957. The number of carbonyl (C=O) groups excluding carboxylic acids is 4. The lowest BCUT2D eigenvalue weighted by Crippen LogP contribution is -2.54. The third-order valence-electron chi connectivity index (χ3n) is 4.74. The second kappa shape index (κ2) is 8.14. The average molecular weight is 412 g/mol. The molecule has 0 bridgehead atoms. The number of furan rings is 1. The summed E-state index contributed by atoms with van der Waals surface area (Å²) >= 11 is 0. The van der Waals surface area contributed by atoms with Gasteiger partial charge in [-0.1, -0.05) is 0 Å². The highest BCUT2D eigenvalue weighted by atomic mass is 16.5. The minimum Gasteiger partial charge on any atom is -0.462 e. The highest BCUT2D eigenvalue weighted by molar-refractivity contribution is 6.23. The van der Waals surface area contributed by atoms with Crippen LogP contribution in [-0.4, -0.2) is 46.8 Å². The van der Waals surface area contributed by atoms with Gasteiger partial charge in [0.25, 0.3) is 11.8 Å². The molecule has 0 spiro atoms. The van der Waals surface area contributed by atoms with Gasteiger partial charge in [-0.3, -0.25) is 14.4 Å². The van der Waals surface area contributed by atoms with E-state index in [1.54, 1.807) is 33.8 Å². The van der Waals surface area contributed by atoms with Crippen molar-refractivity contribution in [3.05, 3.63) is 54.0 Å². The maximum Gasteiger partial charge on any atom is 0.338 e. The van der Waals surface area contributed by atoms with Crippen LogP contribution in [0.5, 0.6) is 0 Å². The van der Waals surface area contributed by atoms with E-state index >= 15 is 0 Å². The SMILES string of the molecule is CCOC(=O)c1ccc(N2C(=O)CC(N(C(=O)c3ccco3)C(C)(C)C)C2=O)cc1. The number of hydrogen-bond acceptors (Lipinski definition) is 6. The van der Waals surface area contributed by atoms with Crippen LogP contribution in [0.1, 0.15) is 55.0 Å². The third-order valence-corrected chi connectivity index (χ3v) is 4.74. The van der Waals surface area contributed by atoms with Crippen molar-refractivity contribution in [3.8, 4) is 0 Å². The van der Waals surface area contributed by atoms with Crippen LogP contribution in [0.15, 0.2) is 47.1 Å². The van der Waals surface area contributed by atoms with Gasteiger partial charge < -0.3 is 14.1 Å². The van der Waals surface area contributed by atoms with Gasteiger partial charge in [0, 0.05) is 5.54 Å². The van der Waals surface area contributed by atoms with E-state index in [2.05, 4.69) is 0 Å². The molecule has 1 aromatic carbocycles. The molecule has 2 heterocycles. The second-order valence-corrected chi connectivity index (χ2v) is 7.88. The fourth-order valence-corrected chi connectivity index (χ4v) is 3.48. The van der Waals surface area contributed by atoms with Crippen LogP contribution >= 0.6 is 0 Å². The van der Waals surface area contributed by atoms with Crippen LogP contribution in [0.4, 0.5) is 5.69 Å². The molecule has 0 N–H and O–H groups in total. The van der Waals surface area contributed by atoms with E-state index < -0.39 is 35.3 Å². The number of carbonyl (C=O) groups is 4. The Balaban J connectivity index is 1.89. The van der Waals surface area contributed by atoms with Crippen LogP contribution in [0.25, 0.3) is 0 Å². The van der Waals surface area contributed by atoms with Gasteiger partial charge in [0.1, 0.15) is 6.04 Å². The molecule has 3 amide bonds. The normalized spacial score (nSPS) is 16.7. The molecule has 0 aliphatic carbocycles. The van der Waals surface area contributed by atoms with Crippen molar-refractivity contribution in [2.24, 2.45) is 0 Å². The molecule has 0 radical (unpaired) electrons. The molecule has 0 saturated carbocycles. The van der Waals surface area contributed by atoms with Gasteiger partial charge in [0.05, 0.1) is 30.5 Å². The Morgan fingerprint density at radius 2 is 1.83 bits per heavy atom. The standard InChI is InChI=1S/C22H24N2O6/c1-5-29-21(28)14-8-10-15(11-9-14)23-18(25)13-16(19(23)26)24(22(2,3)4)20(27)17-7-6-12-30-17/h6-12,16H,5,13H2,1-4H3. The van der Waals surface area contributed by atoms with E-state index in [0.29, 0.717) is 11.3 Å². The first-order chi connectivity index (χ1) is 14.1. The zero-order valence-electron chi connectivity index (χ0n) is 17.4. The molecular formula is C22H24N2O6. The van der Waals surface area contributed by atoms with Crippen molar-refractivity contribution in [1.29, 1.82) is 0 Å². The molecule has 1 saturated heterocycles. The van der Waals surface area contributed by atoms with E-state index in [1.165, 1.54) is 41.5 Å². The number of ether oxygens (including phenoxy) is 1. The van der Waals surface area contributed by atoms with Gasteiger partial charge in [-0.2, -0.15) is 0 Å². The predicted molar refractivity (Wildman–Crippen MR) is 108 cm³/mol. The summed E-state index contributed by atoms with van der Waals surface area (Å²) in [5.74, 6) is -1.77. The molecule has 30 heavy (non-hydrogen) atoms. The molecule has 158 valence electrons. The zero-order valence-corrected chi connectivity index (χ0v) is 17.4. The number of nitrogens with zero attached hydrogens (tertiary/aromatic N) is 2. The predicted octanol–water partition coefficient (Wildman–Crippen LogP) is 3.03. The van der Waals surface area contributed by atoms with Gasteiger partial charge in [-0.05, 0) is 64.1 Å². The van der Waals surface area contributed by atoms with E-state index in [1.807, 2.05) is 0 Å². The Labute approximate surface area is 174 Å². The summed E-state index contributed by atoms with van der Waals surface area (Å²) in [6.07, 6.45) is 1.25. The third kappa shape index (κ3) is 3.98. The molecule has 1 aliphatic rings. The highest BCUT2D eigenvalue weighted by Crippen LogP contribution is 2.31. The number of imide groups is 1. The second-order valence-electron chi connectivity index (χ2n) is 7.88. The summed E-state index contributed by atoms with van der Waals surface area (Å²) < 4.78 is 10.2. The molecule has 1 aliphatic heterocycles. The number of esters is 1. The van der Waals surface area contributed by atoms with Crippen molar-refractivity contribution >= 4 is 29.4 Å². The monoisotopic (exact) mass is 412 g/mol.